The highest BCUT2D eigenvalue weighted by Gasteiger charge is 2.30. The fourth-order valence-corrected chi connectivity index (χ4v) is 3.44. The number of ether oxygens (including phenoxy) is 2. The third-order valence-corrected chi connectivity index (χ3v) is 5.47. The van der Waals surface area contributed by atoms with E-state index < -0.39 is 34.6 Å². The zero-order valence-electron chi connectivity index (χ0n) is 17.0. The second kappa shape index (κ2) is 9.49. The molecule has 158 valence electrons. The molecule has 1 aliphatic rings. The van der Waals surface area contributed by atoms with Crippen molar-refractivity contribution in [3.05, 3.63) is 39.4 Å². The Bertz CT molecular complexity index is 808. The van der Waals surface area contributed by atoms with E-state index >= 15 is 0 Å². The zero-order chi connectivity index (χ0) is 21.7. The van der Waals surface area contributed by atoms with Crippen molar-refractivity contribution >= 4 is 23.5 Å². The summed E-state index contributed by atoms with van der Waals surface area (Å²) >= 11 is 0. The third kappa shape index (κ3) is 5.52. The minimum atomic E-state index is -1.09. The Labute approximate surface area is 168 Å². The standard InChI is InChI=1S/C20H26N2O7/c1-11-6-5-7-17(12(11)2)21-18(23)13(3)29-20(25)15-8-14(19(24)28-4)9-16(10-15)22(26)27/h8-13,17H,5-7H2,1-4H3,(H,21,23)/t11-,12+,13+,17+/m1/s1. The number of nitro groups is 1. The van der Waals surface area contributed by atoms with E-state index in [4.69, 9.17) is 4.74 Å². The molecule has 0 radical (unpaired) electrons. The number of carbonyl (C=O) groups excluding carboxylic acids is 3. The van der Waals surface area contributed by atoms with Gasteiger partial charge in [0.05, 0.1) is 23.2 Å². The van der Waals surface area contributed by atoms with Crippen LogP contribution in [-0.4, -0.2) is 42.0 Å². The maximum atomic E-state index is 12.5. The van der Waals surface area contributed by atoms with Gasteiger partial charge in [0.15, 0.2) is 6.10 Å². The van der Waals surface area contributed by atoms with Gasteiger partial charge in [-0.1, -0.05) is 26.7 Å². The topological polar surface area (TPSA) is 125 Å². The van der Waals surface area contributed by atoms with Crippen molar-refractivity contribution < 1.29 is 28.8 Å². The average molecular weight is 406 g/mol. The number of benzene rings is 1. The average Bonchev–Trinajstić information content (AvgIpc) is 2.70. The van der Waals surface area contributed by atoms with Crippen LogP contribution in [0.5, 0.6) is 0 Å². The quantitative estimate of drug-likeness (QED) is 0.437. The van der Waals surface area contributed by atoms with Crippen molar-refractivity contribution in [2.24, 2.45) is 11.8 Å². The van der Waals surface area contributed by atoms with Crippen LogP contribution in [0.4, 0.5) is 5.69 Å². The van der Waals surface area contributed by atoms with Crippen molar-refractivity contribution in [2.45, 2.75) is 52.2 Å². The van der Waals surface area contributed by atoms with E-state index in [9.17, 15) is 24.5 Å². The van der Waals surface area contributed by atoms with Crippen molar-refractivity contribution in [3.8, 4) is 0 Å². The fourth-order valence-electron chi connectivity index (χ4n) is 3.44. The van der Waals surface area contributed by atoms with Crippen LogP contribution in [0.25, 0.3) is 0 Å². The highest BCUT2D eigenvalue weighted by Crippen LogP contribution is 2.29. The number of carbonyl (C=O) groups is 3. The molecule has 0 aromatic heterocycles. The Kier molecular flexibility index (Phi) is 7.30. The van der Waals surface area contributed by atoms with Crippen LogP contribution in [0.3, 0.4) is 0 Å². The Balaban J connectivity index is 2.10. The van der Waals surface area contributed by atoms with Gasteiger partial charge in [0.1, 0.15) is 0 Å². The number of nitrogens with zero attached hydrogens (tertiary/aromatic N) is 1. The number of amides is 1. The first kappa shape index (κ1) is 22.3. The van der Waals surface area contributed by atoms with Gasteiger partial charge in [-0.2, -0.15) is 0 Å². The molecule has 2 rings (SSSR count). The molecular formula is C20H26N2O7. The normalized spacial score (nSPS) is 22.3. The lowest BCUT2D eigenvalue weighted by atomic mass is 9.78. The number of non-ortho nitro benzene ring substituents is 1. The van der Waals surface area contributed by atoms with Crippen molar-refractivity contribution in [1.82, 2.24) is 5.32 Å². The number of hydrogen-bond donors (Lipinski definition) is 1. The smallest absolute Gasteiger partial charge is 0.339 e. The molecule has 9 heteroatoms. The Morgan fingerprint density at radius 1 is 1.14 bits per heavy atom. The van der Waals surface area contributed by atoms with E-state index in [2.05, 4.69) is 23.9 Å². The number of rotatable bonds is 6. The van der Waals surface area contributed by atoms with Gasteiger partial charge in [-0.3, -0.25) is 14.9 Å². The Hall–Kier alpha value is -2.97. The van der Waals surface area contributed by atoms with Crippen LogP contribution in [0.15, 0.2) is 18.2 Å². The molecule has 0 saturated heterocycles. The van der Waals surface area contributed by atoms with Gasteiger partial charge in [0.25, 0.3) is 11.6 Å². The van der Waals surface area contributed by atoms with Crippen LogP contribution in [0, 0.1) is 22.0 Å². The van der Waals surface area contributed by atoms with Crippen molar-refractivity contribution in [3.63, 3.8) is 0 Å². The van der Waals surface area contributed by atoms with E-state index in [-0.39, 0.29) is 17.2 Å². The molecule has 1 fully saturated rings. The van der Waals surface area contributed by atoms with Gasteiger partial charge >= 0.3 is 11.9 Å². The molecule has 1 aliphatic carbocycles. The van der Waals surface area contributed by atoms with Gasteiger partial charge in [-0.25, -0.2) is 9.59 Å². The van der Waals surface area contributed by atoms with Crippen LogP contribution in [-0.2, 0) is 14.3 Å². The molecule has 1 aromatic carbocycles. The molecule has 1 aromatic rings. The largest absolute Gasteiger partial charge is 0.465 e. The molecule has 1 saturated carbocycles. The molecule has 0 aliphatic heterocycles. The number of hydrogen-bond acceptors (Lipinski definition) is 7. The Morgan fingerprint density at radius 3 is 2.34 bits per heavy atom. The molecule has 0 unspecified atom stereocenters. The molecular weight excluding hydrogens is 380 g/mol. The summed E-state index contributed by atoms with van der Waals surface area (Å²) in [7, 11) is 1.12. The molecule has 0 spiro atoms. The lowest BCUT2D eigenvalue weighted by Crippen LogP contribution is -2.47. The molecule has 0 heterocycles. The lowest BCUT2D eigenvalue weighted by Gasteiger charge is -2.35. The predicted molar refractivity (Wildman–Crippen MR) is 103 cm³/mol. The summed E-state index contributed by atoms with van der Waals surface area (Å²) in [6, 6.07) is 3.14. The minimum absolute atomic E-state index is 0.0103. The van der Waals surface area contributed by atoms with Crippen LogP contribution < -0.4 is 5.32 Å². The highest BCUT2D eigenvalue weighted by atomic mass is 16.6. The zero-order valence-corrected chi connectivity index (χ0v) is 17.0. The summed E-state index contributed by atoms with van der Waals surface area (Å²) in [6.07, 6.45) is 1.92. The van der Waals surface area contributed by atoms with Gasteiger partial charge in [0, 0.05) is 18.2 Å². The van der Waals surface area contributed by atoms with Gasteiger partial charge < -0.3 is 14.8 Å². The van der Waals surface area contributed by atoms with Gasteiger partial charge in [-0.15, -0.1) is 0 Å². The SMILES string of the molecule is COC(=O)c1cc(C(=O)O[C@@H](C)C(=O)N[C@H]2CCC[C@@H](C)[C@@H]2C)cc([N+](=O)[O-])c1. The molecule has 1 amide bonds. The molecule has 9 nitrogen and oxygen atoms in total. The maximum Gasteiger partial charge on any atom is 0.339 e. The Morgan fingerprint density at radius 2 is 1.76 bits per heavy atom. The summed E-state index contributed by atoms with van der Waals surface area (Å²) in [5.74, 6) is -1.38. The minimum Gasteiger partial charge on any atom is -0.465 e. The van der Waals surface area contributed by atoms with Gasteiger partial charge in [0.2, 0.25) is 0 Å². The first-order valence-electron chi connectivity index (χ1n) is 9.53. The summed E-state index contributed by atoms with van der Waals surface area (Å²) in [5, 5.41) is 14.0. The second-order valence-electron chi connectivity index (χ2n) is 7.45. The fraction of sp³-hybridized carbons (Fsp3) is 0.550. The monoisotopic (exact) mass is 406 g/mol. The summed E-state index contributed by atoms with van der Waals surface area (Å²) in [5.41, 5.74) is -0.823. The van der Waals surface area contributed by atoms with Crippen LogP contribution in [0.2, 0.25) is 0 Å². The molecule has 0 bridgehead atoms. The first-order valence-corrected chi connectivity index (χ1v) is 9.53. The van der Waals surface area contributed by atoms with E-state index in [0.29, 0.717) is 11.8 Å². The summed E-state index contributed by atoms with van der Waals surface area (Å²) in [4.78, 5) is 47.0. The summed E-state index contributed by atoms with van der Waals surface area (Å²) < 4.78 is 9.73. The van der Waals surface area contributed by atoms with E-state index in [1.54, 1.807) is 0 Å². The number of methoxy groups -OCH3 is 1. The number of esters is 2. The summed E-state index contributed by atoms with van der Waals surface area (Å²) in [6.45, 7) is 5.67. The van der Waals surface area contributed by atoms with Crippen LogP contribution >= 0.6 is 0 Å². The van der Waals surface area contributed by atoms with Gasteiger partial charge in [-0.05, 0) is 31.2 Å². The van der Waals surface area contributed by atoms with E-state index in [1.807, 2.05) is 0 Å². The number of nitro benzene ring substituents is 1. The third-order valence-electron chi connectivity index (χ3n) is 5.47. The first-order chi connectivity index (χ1) is 13.6. The predicted octanol–water partition coefficient (Wildman–Crippen LogP) is 2.87. The van der Waals surface area contributed by atoms with E-state index in [0.717, 1.165) is 44.6 Å². The molecule has 4 atom stereocenters. The lowest BCUT2D eigenvalue weighted by molar-refractivity contribution is -0.384. The highest BCUT2D eigenvalue weighted by molar-refractivity contribution is 5.97. The van der Waals surface area contributed by atoms with Crippen LogP contribution in [0.1, 0.15) is 60.7 Å². The van der Waals surface area contributed by atoms with Crippen molar-refractivity contribution in [2.75, 3.05) is 7.11 Å². The maximum absolute atomic E-state index is 12.5. The molecule has 29 heavy (non-hydrogen) atoms. The van der Waals surface area contributed by atoms with E-state index in [1.165, 1.54) is 6.92 Å². The number of nitrogens with one attached hydrogen (secondary N) is 1. The second-order valence-corrected chi connectivity index (χ2v) is 7.45. The van der Waals surface area contributed by atoms with Crippen molar-refractivity contribution in [1.29, 1.82) is 0 Å². The molecule has 1 N–H and O–H groups in total.